The van der Waals surface area contributed by atoms with Gasteiger partial charge in [0, 0.05) is 0 Å². The zero-order chi connectivity index (χ0) is 21.4. The number of hydrogen-bond acceptors (Lipinski definition) is 0. The standard InChI is InChI=1S/2C14H15.2CH3.2ClH.Si.Zr/c2*1-9-3-4-10(2)14-8-12(7-13(9)14)11-5-6-11;;;;;;/h2*3-4,7-8,11H,5-6H2,1-2H3;2*1H3;2*1H;;/q4*-1;;;;. The van der Waals surface area contributed by atoms with Crippen molar-refractivity contribution in [1.29, 1.82) is 0 Å². The number of benzene rings is 2. The van der Waals surface area contributed by atoms with E-state index in [1.807, 2.05) is 0 Å². The van der Waals surface area contributed by atoms with Crippen molar-refractivity contribution in [3.8, 4) is 0 Å². The van der Waals surface area contributed by atoms with Crippen LogP contribution < -0.4 is 0 Å². The van der Waals surface area contributed by atoms with E-state index in [9.17, 15) is 0 Å². The van der Waals surface area contributed by atoms with E-state index in [1.54, 1.807) is 11.1 Å². The molecule has 0 bridgehead atoms. The summed E-state index contributed by atoms with van der Waals surface area (Å²) in [5, 5.41) is 5.86. The molecule has 0 nitrogen and oxygen atoms in total. The van der Waals surface area contributed by atoms with Gasteiger partial charge in [0.25, 0.3) is 0 Å². The summed E-state index contributed by atoms with van der Waals surface area (Å²) in [5.74, 6) is 1.75. The van der Waals surface area contributed by atoms with Gasteiger partial charge in [0.1, 0.15) is 0 Å². The van der Waals surface area contributed by atoms with Crippen molar-refractivity contribution in [3.05, 3.63) is 96.8 Å². The molecule has 2 fully saturated rings. The normalized spacial score (nSPS) is 13.6. The predicted octanol–water partition coefficient (Wildman–Crippen LogP) is 9.47. The van der Waals surface area contributed by atoms with Crippen LogP contribution in [0.25, 0.3) is 21.5 Å². The monoisotopic (exact) mass is 586 g/mol. The number of rotatable bonds is 2. The van der Waals surface area contributed by atoms with E-state index in [2.05, 4.69) is 83.1 Å². The average molecular weight is 589 g/mol. The number of halogens is 2. The first-order valence-electron chi connectivity index (χ1n) is 11.1. The van der Waals surface area contributed by atoms with Crippen LogP contribution in [0.2, 0.25) is 0 Å². The van der Waals surface area contributed by atoms with Gasteiger partial charge in [-0.05, 0) is 51.4 Å². The first-order chi connectivity index (χ1) is 14.5. The Bertz CT molecular complexity index is 1020. The van der Waals surface area contributed by atoms with E-state index in [0.717, 1.165) is 11.8 Å². The molecule has 0 saturated heterocycles. The van der Waals surface area contributed by atoms with Gasteiger partial charge in [-0.15, -0.1) is 92.9 Å². The maximum absolute atomic E-state index is 3.06. The fraction of sp³-hybridized carbons (Fsp3) is 0.333. The van der Waals surface area contributed by atoms with Gasteiger partial charge in [0.15, 0.2) is 0 Å². The van der Waals surface area contributed by atoms with Crippen LogP contribution in [-0.4, -0.2) is 6.88 Å². The van der Waals surface area contributed by atoms with Crippen molar-refractivity contribution in [1.82, 2.24) is 0 Å². The molecule has 0 atom stereocenters. The topological polar surface area (TPSA) is 0 Å². The van der Waals surface area contributed by atoms with Crippen LogP contribution >= 0.6 is 24.8 Å². The van der Waals surface area contributed by atoms with Crippen molar-refractivity contribution < 1.29 is 23.3 Å². The van der Waals surface area contributed by atoms with Crippen molar-refractivity contribution >= 4 is 53.2 Å². The Kier molecular flexibility index (Phi) is 13.9. The fourth-order valence-corrected chi connectivity index (χ4v) is 4.53. The Morgan fingerprint density at radius 2 is 0.912 bits per heavy atom. The second-order valence-corrected chi connectivity index (χ2v) is 9.18. The van der Waals surface area contributed by atoms with Gasteiger partial charge in [-0.25, -0.2) is 0 Å². The van der Waals surface area contributed by atoms with E-state index in [1.165, 1.54) is 92.8 Å². The Hall–Kier alpha value is -0.660. The van der Waals surface area contributed by atoms with Crippen LogP contribution in [0.15, 0.2) is 48.5 Å². The molecule has 4 aromatic carbocycles. The molecule has 2 radical (unpaired) electrons. The van der Waals surface area contributed by atoms with E-state index in [4.69, 9.17) is 0 Å². The fourth-order valence-electron chi connectivity index (χ4n) is 4.53. The molecule has 0 amide bonds. The molecular formula is C30H38Cl2SiZr-4. The summed E-state index contributed by atoms with van der Waals surface area (Å²) in [5.41, 5.74) is 8.79. The Morgan fingerprint density at radius 1 is 0.618 bits per heavy atom. The van der Waals surface area contributed by atoms with Gasteiger partial charge in [0.05, 0.1) is 0 Å². The summed E-state index contributed by atoms with van der Waals surface area (Å²) in [6.07, 6.45) is 5.59. The molecule has 0 heterocycles. The first kappa shape index (κ1) is 33.3. The van der Waals surface area contributed by atoms with E-state index < -0.39 is 0 Å². The maximum atomic E-state index is 3.06. The van der Waals surface area contributed by atoms with E-state index in [-0.39, 0.29) is 39.7 Å². The van der Waals surface area contributed by atoms with Crippen molar-refractivity contribution in [3.63, 3.8) is 0 Å². The van der Waals surface area contributed by atoms with Gasteiger partial charge in [0.2, 0.25) is 0 Å². The van der Waals surface area contributed by atoms with E-state index in [0.29, 0.717) is 0 Å². The number of hydrogen-bond donors (Lipinski definition) is 0. The van der Waals surface area contributed by atoms with Gasteiger partial charge in [-0.3, -0.25) is 0 Å². The third kappa shape index (κ3) is 7.19. The molecule has 34 heavy (non-hydrogen) atoms. The molecule has 0 spiro atoms. The van der Waals surface area contributed by atoms with Crippen LogP contribution in [0.5, 0.6) is 0 Å². The Labute approximate surface area is 237 Å². The summed E-state index contributed by atoms with van der Waals surface area (Å²) in [4.78, 5) is 0. The number of fused-ring (bicyclic) bond motifs is 2. The predicted molar refractivity (Wildman–Crippen MR) is 155 cm³/mol. The first-order valence-corrected chi connectivity index (χ1v) is 15.3. The second kappa shape index (κ2) is 14.2. The molecule has 2 aliphatic carbocycles. The minimum atomic E-state index is 0. The summed E-state index contributed by atoms with van der Waals surface area (Å²) in [7, 11) is 0. The van der Waals surface area contributed by atoms with E-state index >= 15 is 0 Å². The second-order valence-electron chi connectivity index (χ2n) is 9.18. The zero-order valence-electron chi connectivity index (χ0n) is 21.4. The summed E-state index contributed by atoms with van der Waals surface area (Å²) in [6, 6.07) is 18.5. The van der Waals surface area contributed by atoms with Crippen LogP contribution in [0.3, 0.4) is 0 Å². The van der Waals surface area contributed by atoms with Crippen LogP contribution in [0.4, 0.5) is 0 Å². The molecule has 0 unspecified atom stereocenters. The minimum absolute atomic E-state index is 0. The SMILES string of the molecule is Cc1ccc(C)c2[cH-]c(C3CC3)cc12.Cc1ccc(C)c2[cH-]c(C3CC3)cc12.Cl.Cl.[CH3-].[CH3-].[Si]=[Zr]. The summed E-state index contributed by atoms with van der Waals surface area (Å²) < 4.78 is 0. The zero-order valence-corrected chi connectivity index (χ0v) is 26.5. The molecule has 6 rings (SSSR count). The van der Waals surface area contributed by atoms with Crippen LogP contribution in [0, 0.1) is 42.5 Å². The van der Waals surface area contributed by atoms with Gasteiger partial charge in [-0.1, -0.05) is 37.1 Å². The molecule has 0 aliphatic heterocycles. The summed E-state index contributed by atoms with van der Waals surface area (Å²) in [6.45, 7) is 11.9. The average Bonchev–Trinajstić information content (AvgIpc) is 3.69. The van der Waals surface area contributed by atoms with Crippen LogP contribution in [-0.2, 0) is 23.3 Å². The summed E-state index contributed by atoms with van der Waals surface area (Å²) >= 11 is 1.36. The third-order valence-corrected chi connectivity index (χ3v) is 6.79. The number of aryl methyl sites for hydroxylation is 4. The van der Waals surface area contributed by atoms with Crippen molar-refractivity contribution in [2.45, 2.75) is 65.2 Å². The Morgan fingerprint density at radius 3 is 1.18 bits per heavy atom. The molecular weight excluding hydrogens is 551 g/mol. The molecule has 4 heteroatoms. The molecule has 0 N–H and O–H groups in total. The molecule has 184 valence electrons. The molecule has 0 aromatic heterocycles. The van der Waals surface area contributed by atoms with Gasteiger partial charge in [-0.2, -0.15) is 12.1 Å². The quantitative estimate of drug-likeness (QED) is 0.162. The van der Waals surface area contributed by atoms with Crippen molar-refractivity contribution in [2.75, 3.05) is 0 Å². The van der Waals surface area contributed by atoms with Crippen LogP contribution in [0.1, 0.15) is 70.9 Å². The van der Waals surface area contributed by atoms with Gasteiger partial charge < -0.3 is 14.9 Å². The molecule has 2 saturated carbocycles. The van der Waals surface area contributed by atoms with Gasteiger partial charge >= 0.3 is 30.2 Å². The molecule has 2 aliphatic rings. The van der Waals surface area contributed by atoms with Crippen molar-refractivity contribution in [2.24, 2.45) is 0 Å². The molecule has 4 aromatic rings. The third-order valence-electron chi connectivity index (χ3n) is 6.79. The Balaban J connectivity index is 0.000000538.